The number of carbonyl (C=O) groups excluding carboxylic acids is 1. The number of piperazine rings is 1. The van der Waals surface area contributed by atoms with Gasteiger partial charge in [-0.3, -0.25) is 9.69 Å². The van der Waals surface area contributed by atoms with Crippen molar-refractivity contribution in [2.75, 3.05) is 66.2 Å². The van der Waals surface area contributed by atoms with Crippen molar-refractivity contribution in [2.45, 2.75) is 6.42 Å². The molecule has 1 fully saturated rings. The maximum atomic E-state index is 11.8. The van der Waals surface area contributed by atoms with Crippen LogP contribution < -0.4 is 5.73 Å². The smallest absolute Gasteiger partial charge is 0.248 e. The van der Waals surface area contributed by atoms with Gasteiger partial charge in [0.15, 0.2) is 0 Å². The summed E-state index contributed by atoms with van der Waals surface area (Å²) < 4.78 is 10.1. The molecule has 1 aliphatic heterocycles. The first-order valence-electron chi connectivity index (χ1n) is 6.54. The summed E-state index contributed by atoms with van der Waals surface area (Å²) in [5.74, 6) is 0.0737. The number of nitrogens with zero attached hydrogens (tertiary/aromatic N) is 2. The first-order valence-corrected chi connectivity index (χ1v) is 6.54. The first kappa shape index (κ1) is 15.4. The van der Waals surface area contributed by atoms with Crippen molar-refractivity contribution in [2.24, 2.45) is 5.73 Å². The predicted molar refractivity (Wildman–Crippen MR) is 69.4 cm³/mol. The second-order valence-corrected chi connectivity index (χ2v) is 4.41. The molecule has 0 spiro atoms. The average molecular weight is 259 g/mol. The third-order valence-corrected chi connectivity index (χ3v) is 3.06. The van der Waals surface area contributed by atoms with Crippen LogP contribution in [0.1, 0.15) is 6.42 Å². The molecule has 0 aromatic heterocycles. The third kappa shape index (κ3) is 5.77. The Balaban J connectivity index is 2.11. The lowest BCUT2D eigenvalue weighted by molar-refractivity contribution is -0.138. The van der Waals surface area contributed by atoms with Gasteiger partial charge in [0.25, 0.3) is 0 Å². The molecule has 6 heteroatoms. The molecule has 106 valence electrons. The molecule has 1 saturated heterocycles. The number of methoxy groups -OCH3 is 1. The topological polar surface area (TPSA) is 68.0 Å². The molecule has 0 aromatic carbocycles. The molecule has 1 rings (SSSR count). The average Bonchev–Trinajstić information content (AvgIpc) is 2.41. The van der Waals surface area contributed by atoms with Crippen LogP contribution in [-0.4, -0.2) is 81.9 Å². The summed E-state index contributed by atoms with van der Waals surface area (Å²) in [5.41, 5.74) is 5.48. The van der Waals surface area contributed by atoms with Gasteiger partial charge in [-0.25, -0.2) is 0 Å². The van der Waals surface area contributed by atoms with Crippen molar-refractivity contribution in [1.29, 1.82) is 0 Å². The van der Waals surface area contributed by atoms with Crippen LogP contribution in [0.15, 0.2) is 0 Å². The normalized spacial score (nSPS) is 17.1. The van der Waals surface area contributed by atoms with E-state index in [0.717, 1.165) is 45.7 Å². The zero-order valence-electron chi connectivity index (χ0n) is 11.3. The van der Waals surface area contributed by atoms with Gasteiger partial charge in [-0.15, -0.1) is 0 Å². The summed E-state index contributed by atoms with van der Waals surface area (Å²) in [5, 5.41) is 0. The van der Waals surface area contributed by atoms with Crippen molar-refractivity contribution in [3.8, 4) is 0 Å². The summed E-state index contributed by atoms with van der Waals surface area (Å²) >= 11 is 0. The Kier molecular flexibility index (Phi) is 7.91. The minimum atomic E-state index is 0.0737. The minimum absolute atomic E-state index is 0.0737. The van der Waals surface area contributed by atoms with Gasteiger partial charge in [0.05, 0.1) is 13.2 Å². The lowest BCUT2D eigenvalue weighted by atomic mass is 10.3. The summed E-state index contributed by atoms with van der Waals surface area (Å²) in [4.78, 5) is 16.0. The number of nitrogens with two attached hydrogens (primary N) is 1. The van der Waals surface area contributed by atoms with Crippen LogP contribution in [0.2, 0.25) is 0 Å². The predicted octanol–water partition coefficient (Wildman–Crippen LogP) is -0.858. The second kappa shape index (κ2) is 9.27. The summed E-state index contributed by atoms with van der Waals surface area (Å²) in [6, 6.07) is 0. The fraction of sp³-hybridized carbons (Fsp3) is 0.917. The van der Waals surface area contributed by atoms with Crippen molar-refractivity contribution >= 4 is 5.91 Å². The van der Waals surface area contributed by atoms with Crippen LogP contribution in [0.4, 0.5) is 0 Å². The molecule has 0 aliphatic carbocycles. The Labute approximate surface area is 109 Å². The molecule has 0 bridgehead atoms. The first-order chi connectivity index (χ1) is 8.77. The highest BCUT2D eigenvalue weighted by Crippen LogP contribution is 2.03. The van der Waals surface area contributed by atoms with E-state index in [1.54, 1.807) is 7.11 Å². The van der Waals surface area contributed by atoms with Gasteiger partial charge in [-0.1, -0.05) is 0 Å². The molecule has 0 aromatic rings. The Morgan fingerprint density at radius 1 is 1.22 bits per heavy atom. The molecular weight excluding hydrogens is 234 g/mol. The van der Waals surface area contributed by atoms with Crippen LogP contribution in [0.5, 0.6) is 0 Å². The van der Waals surface area contributed by atoms with Gasteiger partial charge in [-0.05, 0) is 19.5 Å². The number of hydrogen-bond donors (Lipinski definition) is 1. The highest BCUT2D eigenvalue weighted by molar-refractivity contribution is 5.77. The Hall–Kier alpha value is -0.690. The van der Waals surface area contributed by atoms with E-state index in [1.807, 2.05) is 4.90 Å². The van der Waals surface area contributed by atoms with Crippen molar-refractivity contribution in [3.63, 3.8) is 0 Å². The molecular formula is C12H25N3O3. The number of amides is 1. The molecule has 1 amide bonds. The Bertz CT molecular complexity index is 231. The zero-order valence-corrected chi connectivity index (χ0v) is 11.3. The zero-order chi connectivity index (χ0) is 13.2. The van der Waals surface area contributed by atoms with Gasteiger partial charge < -0.3 is 20.1 Å². The molecule has 2 N–H and O–H groups in total. The van der Waals surface area contributed by atoms with Crippen molar-refractivity contribution < 1.29 is 14.3 Å². The van der Waals surface area contributed by atoms with Crippen LogP contribution in [0.25, 0.3) is 0 Å². The van der Waals surface area contributed by atoms with Crippen LogP contribution in [0, 0.1) is 0 Å². The summed E-state index contributed by atoms with van der Waals surface area (Å²) in [6.45, 7) is 6.36. The van der Waals surface area contributed by atoms with Gasteiger partial charge in [0, 0.05) is 33.3 Å². The Morgan fingerprint density at radius 3 is 2.56 bits per heavy atom. The lowest BCUT2D eigenvalue weighted by Crippen LogP contribution is -2.50. The molecule has 0 radical (unpaired) electrons. The van der Waals surface area contributed by atoms with E-state index in [4.69, 9.17) is 15.2 Å². The second-order valence-electron chi connectivity index (χ2n) is 4.41. The van der Waals surface area contributed by atoms with Gasteiger partial charge in [0.2, 0.25) is 5.91 Å². The summed E-state index contributed by atoms with van der Waals surface area (Å²) in [7, 11) is 1.62. The molecule has 1 heterocycles. The van der Waals surface area contributed by atoms with E-state index in [9.17, 15) is 4.79 Å². The lowest BCUT2D eigenvalue weighted by Gasteiger charge is -2.34. The molecule has 0 atom stereocenters. The van der Waals surface area contributed by atoms with E-state index in [2.05, 4.69) is 4.90 Å². The molecule has 0 saturated carbocycles. The quantitative estimate of drug-likeness (QED) is 0.575. The minimum Gasteiger partial charge on any atom is -0.382 e. The largest absolute Gasteiger partial charge is 0.382 e. The number of carbonyl (C=O) groups is 1. The van der Waals surface area contributed by atoms with Crippen LogP contribution in [0.3, 0.4) is 0 Å². The van der Waals surface area contributed by atoms with E-state index in [0.29, 0.717) is 13.2 Å². The van der Waals surface area contributed by atoms with Crippen LogP contribution >= 0.6 is 0 Å². The third-order valence-electron chi connectivity index (χ3n) is 3.06. The number of ether oxygens (including phenoxy) is 2. The Morgan fingerprint density at radius 2 is 1.94 bits per heavy atom. The van der Waals surface area contributed by atoms with Crippen LogP contribution in [-0.2, 0) is 14.3 Å². The standard InChI is InChI=1S/C12H25N3O3/c1-17-9-10-18-11-12(16)15-7-5-14(6-8-15)4-2-3-13/h2-11,13H2,1H3. The molecule has 18 heavy (non-hydrogen) atoms. The fourth-order valence-corrected chi connectivity index (χ4v) is 1.93. The SMILES string of the molecule is COCCOCC(=O)N1CCN(CCCN)CC1. The molecule has 0 unspecified atom stereocenters. The monoisotopic (exact) mass is 259 g/mol. The maximum absolute atomic E-state index is 11.8. The highest BCUT2D eigenvalue weighted by atomic mass is 16.5. The van der Waals surface area contributed by atoms with E-state index >= 15 is 0 Å². The van der Waals surface area contributed by atoms with Gasteiger partial charge in [-0.2, -0.15) is 0 Å². The summed E-state index contributed by atoms with van der Waals surface area (Å²) in [6.07, 6.45) is 1.02. The van der Waals surface area contributed by atoms with E-state index in [1.165, 1.54) is 0 Å². The highest BCUT2D eigenvalue weighted by Gasteiger charge is 2.20. The van der Waals surface area contributed by atoms with Crippen molar-refractivity contribution in [3.05, 3.63) is 0 Å². The molecule has 1 aliphatic rings. The fourth-order valence-electron chi connectivity index (χ4n) is 1.93. The van der Waals surface area contributed by atoms with Gasteiger partial charge in [0.1, 0.15) is 6.61 Å². The van der Waals surface area contributed by atoms with E-state index < -0.39 is 0 Å². The number of rotatable bonds is 8. The molecule has 6 nitrogen and oxygen atoms in total. The maximum Gasteiger partial charge on any atom is 0.248 e. The van der Waals surface area contributed by atoms with Gasteiger partial charge >= 0.3 is 0 Å². The van der Waals surface area contributed by atoms with E-state index in [-0.39, 0.29) is 12.5 Å². The number of hydrogen-bond acceptors (Lipinski definition) is 5. The van der Waals surface area contributed by atoms with Crippen molar-refractivity contribution in [1.82, 2.24) is 9.80 Å².